The highest BCUT2D eigenvalue weighted by Crippen LogP contribution is 2.35. The van der Waals surface area contributed by atoms with Crippen molar-refractivity contribution < 1.29 is 4.79 Å². The lowest BCUT2D eigenvalue weighted by Crippen LogP contribution is -2.50. The zero-order chi connectivity index (χ0) is 20.5. The van der Waals surface area contributed by atoms with Crippen LogP contribution in [0.3, 0.4) is 0 Å². The van der Waals surface area contributed by atoms with Gasteiger partial charge < -0.3 is 9.80 Å². The monoisotopic (exact) mass is 400 g/mol. The number of rotatable bonds is 3. The van der Waals surface area contributed by atoms with Crippen LogP contribution >= 0.6 is 0 Å². The summed E-state index contributed by atoms with van der Waals surface area (Å²) >= 11 is 0. The first-order valence-corrected chi connectivity index (χ1v) is 9.99. The van der Waals surface area contributed by atoms with Crippen LogP contribution in [-0.4, -0.2) is 61.7 Å². The second kappa shape index (κ2) is 7.55. The number of anilines is 1. The van der Waals surface area contributed by atoms with Crippen molar-refractivity contribution in [2.24, 2.45) is 5.92 Å². The van der Waals surface area contributed by atoms with E-state index in [0.29, 0.717) is 29.3 Å². The number of likely N-dealkylation sites (tertiary alicyclic amines) is 1. The smallest absolute Gasteiger partial charge is 0.256 e. The second-order valence-corrected chi connectivity index (χ2v) is 7.61. The molecule has 30 heavy (non-hydrogen) atoms. The van der Waals surface area contributed by atoms with Crippen LogP contribution in [0.4, 0.5) is 5.82 Å². The van der Waals surface area contributed by atoms with Crippen LogP contribution in [0, 0.1) is 17.2 Å². The number of nitrogens with zero attached hydrogens (tertiary/aromatic N) is 8. The number of fused-ring (bicyclic) bond motifs is 1. The Balaban J connectivity index is 1.40. The van der Waals surface area contributed by atoms with Crippen molar-refractivity contribution >= 4 is 11.7 Å². The van der Waals surface area contributed by atoms with E-state index >= 15 is 0 Å². The van der Waals surface area contributed by atoms with E-state index in [-0.39, 0.29) is 11.9 Å². The molecule has 1 amide bonds. The third-order valence-corrected chi connectivity index (χ3v) is 6.02. The lowest BCUT2D eigenvalue weighted by atomic mass is 9.91. The quantitative estimate of drug-likeness (QED) is 0.659. The van der Waals surface area contributed by atoms with Gasteiger partial charge in [-0.2, -0.15) is 5.26 Å². The van der Waals surface area contributed by atoms with Gasteiger partial charge in [0.25, 0.3) is 5.91 Å². The number of nitriles is 1. The summed E-state index contributed by atoms with van der Waals surface area (Å²) in [5, 5.41) is 21.0. The Morgan fingerprint density at radius 1 is 1.17 bits per heavy atom. The van der Waals surface area contributed by atoms with Gasteiger partial charge in [0.15, 0.2) is 6.33 Å². The van der Waals surface area contributed by atoms with Gasteiger partial charge in [-0.25, -0.2) is 4.98 Å². The molecule has 2 atom stereocenters. The number of amides is 1. The first-order valence-electron chi connectivity index (χ1n) is 9.99. The molecule has 9 nitrogen and oxygen atoms in total. The van der Waals surface area contributed by atoms with E-state index in [1.807, 2.05) is 29.2 Å². The number of hydrogen-bond donors (Lipinski definition) is 0. The lowest BCUT2D eigenvalue weighted by molar-refractivity contribution is 0.0678. The number of carbonyl (C=O) groups excluding carboxylic acids is 1. The van der Waals surface area contributed by atoms with E-state index < -0.39 is 0 Å². The Bertz CT molecular complexity index is 1110. The summed E-state index contributed by atoms with van der Waals surface area (Å²) in [7, 11) is 0. The summed E-state index contributed by atoms with van der Waals surface area (Å²) in [6, 6.07) is 13.2. The largest absolute Gasteiger partial charge is 0.352 e. The van der Waals surface area contributed by atoms with Crippen LogP contribution in [0.15, 0.2) is 48.9 Å². The second-order valence-electron chi connectivity index (χ2n) is 7.61. The predicted molar refractivity (Wildman–Crippen MR) is 108 cm³/mol. The molecule has 9 heteroatoms. The molecule has 0 saturated carbocycles. The molecule has 4 heterocycles. The topological polar surface area (TPSA) is 104 Å². The molecule has 2 fully saturated rings. The van der Waals surface area contributed by atoms with Gasteiger partial charge in [-0.3, -0.25) is 4.79 Å². The summed E-state index contributed by atoms with van der Waals surface area (Å²) < 4.78 is 0. The Labute approximate surface area is 173 Å². The molecular formula is C21H20N8O. The molecule has 5 rings (SSSR count). The normalized spacial score (nSPS) is 20.6. The maximum atomic E-state index is 13.4. The first-order chi connectivity index (χ1) is 14.7. The minimum absolute atomic E-state index is 0.0352. The average Bonchev–Trinajstić information content (AvgIpc) is 3.48. The van der Waals surface area contributed by atoms with Crippen molar-refractivity contribution in [3.63, 3.8) is 0 Å². The van der Waals surface area contributed by atoms with Crippen molar-refractivity contribution in [3.8, 4) is 11.8 Å². The van der Waals surface area contributed by atoms with Crippen LogP contribution in [0.25, 0.3) is 5.69 Å². The molecule has 0 unspecified atom stereocenters. The maximum absolute atomic E-state index is 13.4. The molecule has 2 aliphatic heterocycles. The number of hydrogen-bond acceptors (Lipinski definition) is 7. The summed E-state index contributed by atoms with van der Waals surface area (Å²) in [6.45, 7) is 2.23. The molecule has 0 N–H and O–H groups in total. The Morgan fingerprint density at radius 3 is 2.87 bits per heavy atom. The van der Waals surface area contributed by atoms with E-state index in [1.54, 1.807) is 18.3 Å². The van der Waals surface area contributed by atoms with Crippen LogP contribution < -0.4 is 4.90 Å². The summed E-state index contributed by atoms with van der Waals surface area (Å²) in [6.07, 6.45) is 5.05. The average molecular weight is 400 g/mol. The highest BCUT2D eigenvalue weighted by atomic mass is 16.2. The van der Waals surface area contributed by atoms with Crippen molar-refractivity contribution in [2.75, 3.05) is 24.5 Å². The predicted octanol–water partition coefficient (Wildman–Crippen LogP) is 1.67. The third-order valence-electron chi connectivity index (χ3n) is 6.02. The number of aromatic nitrogens is 5. The van der Waals surface area contributed by atoms with E-state index in [0.717, 1.165) is 31.7 Å². The number of piperidine rings is 1. The minimum atomic E-state index is -0.0352. The Hall–Kier alpha value is -3.80. The fourth-order valence-electron chi connectivity index (χ4n) is 4.53. The molecule has 0 aliphatic carbocycles. The lowest BCUT2D eigenvalue weighted by Gasteiger charge is -2.39. The molecule has 0 bridgehead atoms. The van der Waals surface area contributed by atoms with Crippen molar-refractivity contribution in [1.29, 1.82) is 5.26 Å². The summed E-state index contributed by atoms with van der Waals surface area (Å²) in [5.41, 5.74) is 1.78. The summed E-state index contributed by atoms with van der Waals surface area (Å²) in [4.78, 5) is 23.4. The molecule has 2 saturated heterocycles. The van der Waals surface area contributed by atoms with Gasteiger partial charge in [-0.05, 0) is 48.2 Å². The highest BCUT2D eigenvalue weighted by molar-refractivity contribution is 5.97. The first kappa shape index (κ1) is 18.2. The number of benzene rings is 1. The molecule has 1 aromatic carbocycles. The van der Waals surface area contributed by atoms with E-state index in [9.17, 15) is 10.1 Å². The molecule has 150 valence electrons. The van der Waals surface area contributed by atoms with Crippen LogP contribution in [0.2, 0.25) is 0 Å². The zero-order valence-electron chi connectivity index (χ0n) is 16.3. The zero-order valence-corrected chi connectivity index (χ0v) is 16.3. The number of para-hydroxylation sites is 1. The minimum Gasteiger partial charge on any atom is -0.352 e. The molecule has 0 spiro atoms. The fraction of sp³-hybridized carbons (Fsp3) is 0.333. The SMILES string of the molecule is N#Cc1ccnc(N2CC[C@@H]3CCN(C(=O)c4ccccc4-n4ncnn4)C[C@@H]32)c1. The Morgan fingerprint density at radius 2 is 2.03 bits per heavy atom. The molecule has 3 aromatic rings. The van der Waals surface area contributed by atoms with Crippen molar-refractivity contribution in [3.05, 3.63) is 60.0 Å². The number of carbonyl (C=O) groups is 1. The van der Waals surface area contributed by atoms with Gasteiger partial charge >= 0.3 is 0 Å². The van der Waals surface area contributed by atoms with Gasteiger partial charge in [0.2, 0.25) is 0 Å². The van der Waals surface area contributed by atoms with Crippen molar-refractivity contribution in [1.82, 2.24) is 30.1 Å². The van der Waals surface area contributed by atoms with Crippen molar-refractivity contribution in [2.45, 2.75) is 18.9 Å². The van der Waals surface area contributed by atoms with E-state index in [2.05, 4.69) is 31.4 Å². The fourth-order valence-corrected chi connectivity index (χ4v) is 4.53. The van der Waals surface area contributed by atoms with Gasteiger partial charge in [-0.15, -0.1) is 15.0 Å². The van der Waals surface area contributed by atoms with Gasteiger partial charge in [-0.1, -0.05) is 12.1 Å². The maximum Gasteiger partial charge on any atom is 0.256 e. The van der Waals surface area contributed by atoms with Gasteiger partial charge in [0.05, 0.1) is 23.2 Å². The van der Waals surface area contributed by atoms with Crippen LogP contribution in [0.1, 0.15) is 28.8 Å². The van der Waals surface area contributed by atoms with E-state index in [1.165, 1.54) is 11.1 Å². The molecule has 2 aliphatic rings. The van der Waals surface area contributed by atoms with Gasteiger partial charge in [0, 0.05) is 25.8 Å². The highest BCUT2D eigenvalue weighted by Gasteiger charge is 2.40. The molecular weight excluding hydrogens is 380 g/mol. The number of tetrazole rings is 1. The van der Waals surface area contributed by atoms with Crippen LogP contribution in [-0.2, 0) is 0 Å². The summed E-state index contributed by atoms with van der Waals surface area (Å²) in [5.74, 6) is 1.30. The Kier molecular flexibility index (Phi) is 4.59. The molecule has 0 radical (unpaired) electrons. The third kappa shape index (κ3) is 3.16. The standard InChI is InChI=1S/C21H20N8O/c22-12-15-5-8-23-20(11-15)28-10-7-16-6-9-27(13-19(16)28)21(30)17-3-1-2-4-18(17)29-25-14-24-26-29/h1-5,8,11,14,16,19H,6-7,9-10,13H2/t16-,19-/m0/s1. The van der Waals surface area contributed by atoms with E-state index in [4.69, 9.17) is 0 Å². The van der Waals surface area contributed by atoms with Gasteiger partial charge in [0.1, 0.15) is 11.5 Å². The van der Waals surface area contributed by atoms with Crippen LogP contribution in [0.5, 0.6) is 0 Å². The number of pyridine rings is 1. The molecule has 2 aromatic heterocycles.